The Balaban J connectivity index is 2.97. The summed E-state index contributed by atoms with van der Waals surface area (Å²) in [6, 6.07) is 0. The van der Waals surface area contributed by atoms with Gasteiger partial charge in [-0.1, -0.05) is 0 Å². The zero-order chi connectivity index (χ0) is 17.8. The molecule has 2 amide bonds. The molecule has 1 saturated heterocycles. The van der Waals surface area contributed by atoms with Crippen molar-refractivity contribution in [2.24, 2.45) is 0 Å². The molecule has 7 nitrogen and oxygen atoms in total. The third-order valence-electron chi connectivity index (χ3n) is 3.02. The molecule has 1 heterocycles. The Hall–Kier alpha value is -1.79. The van der Waals surface area contributed by atoms with Gasteiger partial charge in [-0.3, -0.25) is 5.41 Å². The van der Waals surface area contributed by atoms with Crippen molar-refractivity contribution in [3.05, 3.63) is 0 Å². The van der Waals surface area contributed by atoms with Gasteiger partial charge in [0.1, 0.15) is 11.2 Å². The standard InChI is InChI=1S/C16H29N3O4/c1-15(2,3)22-13(20)19(14(21)23-16(4,5)6)12(17)18-10-8-7-9-11-18/h17H,7-11H2,1-6H3. The van der Waals surface area contributed by atoms with Gasteiger partial charge in [0, 0.05) is 13.1 Å². The molecule has 7 heteroatoms. The second-order valence-corrected chi connectivity index (χ2v) is 7.67. The molecule has 1 rings (SSSR count). The highest BCUT2D eigenvalue weighted by molar-refractivity contribution is 6.06. The van der Waals surface area contributed by atoms with Crippen LogP contribution >= 0.6 is 0 Å². The van der Waals surface area contributed by atoms with Crippen molar-refractivity contribution < 1.29 is 19.1 Å². The molecule has 0 atom stereocenters. The quantitative estimate of drug-likeness (QED) is 0.543. The lowest BCUT2D eigenvalue weighted by molar-refractivity contribution is 0.0121. The third-order valence-corrected chi connectivity index (χ3v) is 3.02. The van der Waals surface area contributed by atoms with E-state index in [1.54, 1.807) is 46.4 Å². The molecular weight excluding hydrogens is 298 g/mol. The highest BCUT2D eigenvalue weighted by Crippen LogP contribution is 2.17. The molecule has 1 N–H and O–H groups in total. The number of guanidine groups is 1. The number of carbonyl (C=O) groups excluding carboxylic acids is 2. The first-order valence-corrected chi connectivity index (χ1v) is 8.00. The van der Waals surface area contributed by atoms with Crippen LogP contribution in [0.2, 0.25) is 0 Å². The molecule has 0 aromatic heterocycles. The molecule has 0 saturated carbocycles. The van der Waals surface area contributed by atoms with Crippen LogP contribution in [0.1, 0.15) is 60.8 Å². The fourth-order valence-electron chi connectivity index (χ4n) is 2.11. The summed E-state index contributed by atoms with van der Waals surface area (Å²) in [7, 11) is 0. The van der Waals surface area contributed by atoms with Gasteiger partial charge < -0.3 is 14.4 Å². The van der Waals surface area contributed by atoms with Crippen LogP contribution in [0.5, 0.6) is 0 Å². The van der Waals surface area contributed by atoms with Crippen LogP contribution < -0.4 is 0 Å². The number of hydrogen-bond acceptors (Lipinski definition) is 5. The van der Waals surface area contributed by atoms with E-state index in [2.05, 4.69) is 0 Å². The lowest BCUT2D eigenvalue weighted by Gasteiger charge is -2.34. The van der Waals surface area contributed by atoms with Crippen LogP contribution in [0, 0.1) is 5.41 Å². The van der Waals surface area contributed by atoms with Crippen LogP contribution in [0.4, 0.5) is 9.59 Å². The number of rotatable bonds is 0. The molecule has 0 aliphatic carbocycles. The third kappa shape index (κ3) is 6.46. The van der Waals surface area contributed by atoms with E-state index < -0.39 is 23.4 Å². The van der Waals surface area contributed by atoms with Crippen molar-refractivity contribution in [3.63, 3.8) is 0 Å². The van der Waals surface area contributed by atoms with E-state index >= 15 is 0 Å². The molecule has 0 unspecified atom stereocenters. The van der Waals surface area contributed by atoms with Crippen molar-refractivity contribution in [3.8, 4) is 0 Å². The SMILES string of the molecule is CC(C)(C)OC(=O)N(C(=N)N1CCCCC1)C(=O)OC(C)(C)C. The Bertz CT molecular complexity index is 429. The van der Waals surface area contributed by atoms with Gasteiger partial charge in [0.2, 0.25) is 5.96 Å². The molecule has 132 valence electrons. The zero-order valence-corrected chi connectivity index (χ0v) is 15.1. The Morgan fingerprint density at radius 2 is 1.26 bits per heavy atom. The number of amides is 2. The monoisotopic (exact) mass is 327 g/mol. The number of hydrogen-bond donors (Lipinski definition) is 1. The summed E-state index contributed by atoms with van der Waals surface area (Å²) >= 11 is 0. The smallest absolute Gasteiger partial charge is 0.427 e. The van der Waals surface area contributed by atoms with Gasteiger partial charge in [0.15, 0.2) is 0 Å². The van der Waals surface area contributed by atoms with Crippen molar-refractivity contribution in [1.29, 1.82) is 5.41 Å². The minimum Gasteiger partial charge on any atom is -0.443 e. The predicted octanol–water partition coefficient (Wildman–Crippen LogP) is 3.58. The zero-order valence-electron chi connectivity index (χ0n) is 15.1. The average molecular weight is 327 g/mol. The topological polar surface area (TPSA) is 82.9 Å². The summed E-state index contributed by atoms with van der Waals surface area (Å²) in [5.74, 6) is -0.187. The fraction of sp³-hybridized carbons (Fsp3) is 0.812. The highest BCUT2D eigenvalue weighted by atomic mass is 16.6. The van der Waals surface area contributed by atoms with Crippen LogP contribution in [0.15, 0.2) is 0 Å². The molecule has 1 fully saturated rings. The predicted molar refractivity (Wildman–Crippen MR) is 87.5 cm³/mol. The molecule has 0 spiro atoms. The minimum atomic E-state index is -0.887. The van der Waals surface area contributed by atoms with E-state index in [0.29, 0.717) is 18.0 Å². The van der Waals surface area contributed by atoms with Gasteiger partial charge in [0.25, 0.3) is 0 Å². The molecule has 0 bridgehead atoms. The minimum absolute atomic E-state index is 0.187. The lowest BCUT2D eigenvalue weighted by Crippen LogP contribution is -2.53. The first-order valence-electron chi connectivity index (χ1n) is 8.00. The lowest BCUT2D eigenvalue weighted by atomic mass is 10.1. The van der Waals surface area contributed by atoms with Crippen molar-refractivity contribution in [2.45, 2.75) is 72.0 Å². The van der Waals surface area contributed by atoms with Gasteiger partial charge in [-0.15, -0.1) is 4.90 Å². The number of carbonyl (C=O) groups is 2. The maximum absolute atomic E-state index is 12.4. The Morgan fingerprint density at radius 3 is 1.61 bits per heavy atom. The second-order valence-electron chi connectivity index (χ2n) is 7.67. The van der Waals surface area contributed by atoms with Gasteiger partial charge in [-0.05, 0) is 60.8 Å². The van der Waals surface area contributed by atoms with Gasteiger partial charge >= 0.3 is 12.2 Å². The number of piperidine rings is 1. The maximum atomic E-state index is 12.4. The molecular formula is C16H29N3O4. The van der Waals surface area contributed by atoms with E-state index in [1.807, 2.05) is 0 Å². The van der Waals surface area contributed by atoms with Gasteiger partial charge in [0.05, 0.1) is 0 Å². The summed E-state index contributed by atoms with van der Waals surface area (Å²) < 4.78 is 10.5. The first kappa shape index (κ1) is 19.3. The summed E-state index contributed by atoms with van der Waals surface area (Å²) in [6.45, 7) is 11.5. The van der Waals surface area contributed by atoms with Crippen LogP contribution in [-0.2, 0) is 9.47 Å². The summed E-state index contributed by atoms with van der Waals surface area (Å²) in [5, 5.41) is 8.27. The number of imide groups is 1. The summed E-state index contributed by atoms with van der Waals surface area (Å²) in [6.07, 6.45) is 1.17. The van der Waals surface area contributed by atoms with Crippen molar-refractivity contribution in [2.75, 3.05) is 13.1 Å². The fourth-order valence-corrected chi connectivity index (χ4v) is 2.11. The first-order chi connectivity index (χ1) is 10.4. The highest BCUT2D eigenvalue weighted by Gasteiger charge is 2.36. The van der Waals surface area contributed by atoms with Gasteiger partial charge in [-0.2, -0.15) is 0 Å². The van der Waals surface area contributed by atoms with Crippen LogP contribution in [0.3, 0.4) is 0 Å². The Morgan fingerprint density at radius 1 is 0.870 bits per heavy atom. The van der Waals surface area contributed by atoms with Crippen LogP contribution in [0.25, 0.3) is 0 Å². The molecule has 1 aliphatic heterocycles. The van der Waals surface area contributed by atoms with Gasteiger partial charge in [-0.25, -0.2) is 9.59 Å². The maximum Gasteiger partial charge on any atom is 0.427 e. The summed E-state index contributed by atoms with van der Waals surface area (Å²) in [5.41, 5.74) is -1.53. The number of ether oxygens (including phenoxy) is 2. The molecule has 0 radical (unpaired) electrons. The molecule has 23 heavy (non-hydrogen) atoms. The van der Waals surface area contributed by atoms with Crippen molar-refractivity contribution in [1.82, 2.24) is 9.80 Å². The van der Waals surface area contributed by atoms with E-state index in [-0.39, 0.29) is 5.96 Å². The van der Waals surface area contributed by atoms with Crippen LogP contribution in [-0.4, -0.2) is 52.2 Å². The van der Waals surface area contributed by atoms with E-state index in [1.165, 1.54) is 0 Å². The Labute approximate surface area is 138 Å². The largest absolute Gasteiger partial charge is 0.443 e. The summed E-state index contributed by atoms with van der Waals surface area (Å²) in [4.78, 5) is 27.2. The number of nitrogens with zero attached hydrogens (tertiary/aromatic N) is 2. The number of likely N-dealkylation sites (tertiary alicyclic amines) is 1. The molecule has 0 aromatic rings. The van der Waals surface area contributed by atoms with E-state index in [4.69, 9.17) is 14.9 Å². The number of nitrogens with one attached hydrogen (secondary N) is 1. The average Bonchev–Trinajstić information content (AvgIpc) is 2.35. The second kappa shape index (κ2) is 7.19. The molecule has 0 aromatic carbocycles. The Kier molecular flexibility index (Phi) is 6.02. The normalized spacial score (nSPS) is 15.8. The molecule has 1 aliphatic rings. The van der Waals surface area contributed by atoms with E-state index in [0.717, 1.165) is 19.3 Å². The van der Waals surface area contributed by atoms with E-state index in [9.17, 15) is 9.59 Å². The van der Waals surface area contributed by atoms with Crippen molar-refractivity contribution >= 4 is 18.1 Å².